The number of aryl methyl sites for hydroxylation is 1. The van der Waals surface area contributed by atoms with Gasteiger partial charge in [-0.3, -0.25) is 9.48 Å². The Kier molecular flexibility index (Phi) is 3.47. The first-order chi connectivity index (χ1) is 8.16. The molecule has 0 radical (unpaired) electrons. The molecule has 0 spiro atoms. The third-order valence-corrected chi connectivity index (χ3v) is 3.31. The van der Waals surface area contributed by atoms with Crippen LogP contribution in [0.15, 0.2) is 12.3 Å². The minimum absolute atomic E-state index is 0.0514. The SMILES string of the molecule is CCCC1(C(=O)Nc2ccn(C)n2)CCCN1. The second-order valence-corrected chi connectivity index (χ2v) is 4.69. The zero-order valence-corrected chi connectivity index (χ0v) is 10.5. The summed E-state index contributed by atoms with van der Waals surface area (Å²) >= 11 is 0. The summed E-state index contributed by atoms with van der Waals surface area (Å²) in [6.07, 6.45) is 5.69. The standard InChI is InChI=1S/C12H20N4O/c1-3-6-12(7-4-8-13-12)11(17)14-10-5-9-16(2)15-10/h5,9,13H,3-4,6-8H2,1-2H3,(H,14,15,17). The summed E-state index contributed by atoms with van der Waals surface area (Å²) < 4.78 is 1.68. The Balaban J connectivity index is 2.06. The zero-order chi connectivity index (χ0) is 12.3. The Labute approximate surface area is 102 Å². The number of nitrogens with zero attached hydrogens (tertiary/aromatic N) is 2. The van der Waals surface area contributed by atoms with Crippen LogP contribution in [0.3, 0.4) is 0 Å². The van der Waals surface area contributed by atoms with Crippen LogP contribution in [-0.4, -0.2) is 27.8 Å². The summed E-state index contributed by atoms with van der Waals surface area (Å²) in [7, 11) is 1.84. The van der Waals surface area contributed by atoms with Crippen molar-refractivity contribution in [2.75, 3.05) is 11.9 Å². The zero-order valence-electron chi connectivity index (χ0n) is 10.5. The van der Waals surface area contributed by atoms with Gasteiger partial charge in [0, 0.05) is 19.3 Å². The van der Waals surface area contributed by atoms with Gasteiger partial charge in [-0.05, 0) is 25.8 Å². The lowest BCUT2D eigenvalue weighted by atomic mass is 9.91. The third-order valence-electron chi connectivity index (χ3n) is 3.31. The summed E-state index contributed by atoms with van der Waals surface area (Å²) in [5.74, 6) is 0.678. The summed E-state index contributed by atoms with van der Waals surface area (Å²) in [6, 6.07) is 1.81. The van der Waals surface area contributed by atoms with Gasteiger partial charge in [0.05, 0.1) is 5.54 Å². The van der Waals surface area contributed by atoms with Gasteiger partial charge in [-0.15, -0.1) is 0 Å². The molecule has 0 aromatic carbocycles. The van der Waals surface area contributed by atoms with Gasteiger partial charge < -0.3 is 10.6 Å². The van der Waals surface area contributed by atoms with Crippen LogP contribution in [0.5, 0.6) is 0 Å². The topological polar surface area (TPSA) is 59.0 Å². The van der Waals surface area contributed by atoms with E-state index in [0.717, 1.165) is 32.2 Å². The van der Waals surface area contributed by atoms with Crippen molar-refractivity contribution >= 4 is 11.7 Å². The molecule has 1 unspecified atom stereocenters. The average Bonchev–Trinajstić information content (AvgIpc) is 2.89. The molecule has 5 nitrogen and oxygen atoms in total. The number of rotatable bonds is 4. The lowest BCUT2D eigenvalue weighted by molar-refractivity contribution is -0.122. The highest BCUT2D eigenvalue weighted by atomic mass is 16.2. The van der Waals surface area contributed by atoms with Crippen LogP contribution in [0, 0.1) is 0 Å². The van der Waals surface area contributed by atoms with Gasteiger partial charge in [-0.1, -0.05) is 13.3 Å². The molecule has 1 saturated heterocycles. The molecule has 0 aliphatic carbocycles. The summed E-state index contributed by atoms with van der Waals surface area (Å²) in [5.41, 5.74) is -0.383. The number of anilines is 1. The lowest BCUT2D eigenvalue weighted by Gasteiger charge is -2.27. The molecular weight excluding hydrogens is 216 g/mol. The fraction of sp³-hybridized carbons (Fsp3) is 0.667. The van der Waals surface area contributed by atoms with Crippen molar-refractivity contribution in [1.29, 1.82) is 0 Å². The van der Waals surface area contributed by atoms with Crippen LogP contribution < -0.4 is 10.6 Å². The van der Waals surface area contributed by atoms with E-state index in [1.807, 2.05) is 19.3 Å². The fourth-order valence-electron chi connectivity index (χ4n) is 2.47. The predicted molar refractivity (Wildman–Crippen MR) is 66.7 cm³/mol. The molecule has 2 rings (SSSR count). The van der Waals surface area contributed by atoms with Crippen molar-refractivity contribution in [2.45, 2.75) is 38.1 Å². The predicted octanol–water partition coefficient (Wildman–Crippen LogP) is 1.28. The van der Waals surface area contributed by atoms with Crippen LogP contribution in [0.4, 0.5) is 5.82 Å². The van der Waals surface area contributed by atoms with Gasteiger partial charge in [0.25, 0.3) is 0 Å². The normalized spacial score (nSPS) is 23.9. The molecule has 0 bridgehead atoms. The molecule has 1 aliphatic rings. The van der Waals surface area contributed by atoms with E-state index in [1.165, 1.54) is 0 Å². The van der Waals surface area contributed by atoms with Crippen molar-refractivity contribution in [1.82, 2.24) is 15.1 Å². The van der Waals surface area contributed by atoms with Crippen molar-refractivity contribution in [2.24, 2.45) is 7.05 Å². The van der Waals surface area contributed by atoms with E-state index < -0.39 is 0 Å². The molecule has 1 atom stereocenters. The van der Waals surface area contributed by atoms with Crippen molar-refractivity contribution in [3.05, 3.63) is 12.3 Å². The van der Waals surface area contributed by atoms with Gasteiger partial charge in [0.15, 0.2) is 5.82 Å². The second-order valence-electron chi connectivity index (χ2n) is 4.69. The fourth-order valence-corrected chi connectivity index (χ4v) is 2.47. The molecule has 2 heterocycles. The number of carbonyl (C=O) groups is 1. The first kappa shape index (κ1) is 12.1. The number of hydrogen-bond donors (Lipinski definition) is 2. The maximum Gasteiger partial charge on any atom is 0.245 e. The van der Waals surface area contributed by atoms with E-state index in [-0.39, 0.29) is 11.4 Å². The first-order valence-electron chi connectivity index (χ1n) is 6.22. The molecule has 1 amide bonds. The number of nitrogens with one attached hydrogen (secondary N) is 2. The van der Waals surface area contributed by atoms with Gasteiger partial charge in [0.1, 0.15) is 0 Å². The smallest absolute Gasteiger partial charge is 0.245 e. The van der Waals surface area contributed by atoms with Crippen LogP contribution in [0.2, 0.25) is 0 Å². The van der Waals surface area contributed by atoms with Gasteiger partial charge >= 0.3 is 0 Å². The molecule has 17 heavy (non-hydrogen) atoms. The summed E-state index contributed by atoms with van der Waals surface area (Å²) in [4.78, 5) is 12.3. The molecule has 1 fully saturated rings. The third kappa shape index (κ3) is 2.49. The number of amides is 1. The van der Waals surface area contributed by atoms with Crippen molar-refractivity contribution in [3.8, 4) is 0 Å². The largest absolute Gasteiger partial charge is 0.308 e. The van der Waals surface area contributed by atoms with Gasteiger partial charge in [0.2, 0.25) is 5.91 Å². The van der Waals surface area contributed by atoms with E-state index in [2.05, 4.69) is 22.7 Å². The van der Waals surface area contributed by atoms with Crippen LogP contribution in [-0.2, 0) is 11.8 Å². The Hall–Kier alpha value is -1.36. The number of aromatic nitrogens is 2. The van der Waals surface area contributed by atoms with E-state index in [0.29, 0.717) is 5.82 Å². The van der Waals surface area contributed by atoms with Crippen LogP contribution in [0.1, 0.15) is 32.6 Å². The molecule has 2 N–H and O–H groups in total. The first-order valence-corrected chi connectivity index (χ1v) is 6.22. The molecule has 0 saturated carbocycles. The van der Waals surface area contributed by atoms with E-state index in [1.54, 1.807) is 4.68 Å². The molecular formula is C12H20N4O. The van der Waals surface area contributed by atoms with Crippen molar-refractivity contribution < 1.29 is 4.79 Å². The van der Waals surface area contributed by atoms with E-state index in [9.17, 15) is 4.79 Å². The minimum Gasteiger partial charge on any atom is -0.308 e. The lowest BCUT2D eigenvalue weighted by Crippen LogP contribution is -2.50. The average molecular weight is 236 g/mol. The molecule has 1 aromatic heterocycles. The Morgan fingerprint density at radius 2 is 2.53 bits per heavy atom. The Bertz CT molecular complexity index is 393. The van der Waals surface area contributed by atoms with Crippen LogP contribution >= 0.6 is 0 Å². The van der Waals surface area contributed by atoms with Gasteiger partial charge in [-0.25, -0.2) is 0 Å². The van der Waals surface area contributed by atoms with Crippen molar-refractivity contribution in [3.63, 3.8) is 0 Å². The highest BCUT2D eigenvalue weighted by Gasteiger charge is 2.40. The molecule has 5 heteroatoms. The summed E-state index contributed by atoms with van der Waals surface area (Å²) in [5, 5.41) is 10.4. The minimum atomic E-state index is -0.383. The Morgan fingerprint density at radius 3 is 3.06 bits per heavy atom. The quantitative estimate of drug-likeness (QED) is 0.828. The maximum absolute atomic E-state index is 12.3. The molecule has 1 aromatic rings. The number of carbonyl (C=O) groups excluding carboxylic acids is 1. The summed E-state index contributed by atoms with van der Waals surface area (Å²) in [6.45, 7) is 3.03. The molecule has 1 aliphatic heterocycles. The number of hydrogen-bond acceptors (Lipinski definition) is 3. The second kappa shape index (κ2) is 4.87. The highest BCUT2D eigenvalue weighted by molar-refractivity contribution is 5.97. The van der Waals surface area contributed by atoms with E-state index >= 15 is 0 Å². The van der Waals surface area contributed by atoms with Crippen LogP contribution in [0.25, 0.3) is 0 Å². The maximum atomic E-state index is 12.3. The van der Waals surface area contributed by atoms with Gasteiger partial charge in [-0.2, -0.15) is 5.10 Å². The highest BCUT2D eigenvalue weighted by Crippen LogP contribution is 2.26. The monoisotopic (exact) mass is 236 g/mol. The van der Waals surface area contributed by atoms with E-state index in [4.69, 9.17) is 0 Å². The molecule has 94 valence electrons. The Morgan fingerprint density at radius 1 is 1.71 bits per heavy atom.